The van der Waals surface area contributed by atoms with E-state index >= 15 is 0 Å². The minimum Gasteiger partial charge on any atom is -0.299 e. The van der Waals surface area contributed by atoms with Crippen molar-refractivity contribution in [2.75, 3.05) is 5.75 Å². The van der Waals surface area contributed by atoms with Crippen LogP contribution in [0, 0.1) is 12.7 Å². The lowest BCUT2D eigenvalue weighted by atomic mass is 10.4. The summed E-state index contributed by atoms with van der Waals surface area (Å²) in [5.74, 6) is 0.00374. The number of hydrogen-bond donors (Lipinski definition) is 1. The number of aromatic amines is 1. The summed E-state index contributed by atoms with van der Waals surface area (Å²) in [5, 5.41) is 0.474. The van der Waals surface area contributed by atoms with E-state index in [2.05, 4.69) is 9.97 Å². The molecule has 1 N–H and O–H groups in total. The Bertz CT molecular complexity index is 337. The normalized spacial score (nSPS) is 10.2. The van der Waals surface area contributed by atoms with Crippen molar-refractivity contribution in [1.29, 1.82) is 0 Å². The lowest BCUT2D eigenvalue weighted by molar-refractivity contribution is 0.577. The maximum absolute atomic E-state index is 12.7. The molecular weight excluding hydrogens is 179 g/mol. The smallest absolute Gasteiger partial charge is 0.287 e. The van der Waals surface area contributed by atoms with E-state index in [1.54, 1.807) is 0 Å². The first kappa shape index (κ1) is 9.25. The van der Waals surface area contributed by atoms with Crippen molar-refractivity contribution in [3.63, 3.8) is 0 Å². The van der Waals surface area contributed by atoms with Crippen LogP contribution in [0.2, 0.25) is 0 Å². The van der Waals surface area contributed by atoms with E-state index in [9.17, 15) is 9.18 Å². The monoisotopic (exact) mass is 188 g/mol. The molecule has 0 aliphatic carbocycles. The van der Waals surface area contributed by atoms with Gasteiger partial charge in [0.25, 0.3) is 5.56 Å². The van der Waals surface area contributed by atoms with Crippen molar-refractivity contribution >= 4 is 11.8 Å². The SMILES string of the molecule is CCSc1nc(C)c(F)c(=O)[nH]1. The highest BCUT2D eigenvalue weighted by atomic mass is 32.2. The van der Waals surface area contributed by atoms with Crippen LogP contribution in [0.15, 0.2) is 9.95 Å². The fourth-order valence-corrected chi connectivity index (χ4v) is 1.39. The molecule has 0 aliphatic heterocycles. The molecule has 0 fully saturated rings. The molecule has 0 saturated carbocycles. The van der Waals surface area contributed by atoms with Crippen LogP contribution >= 0.6 is 11.8 Å². The molecular formula is C7H9FN2OS. The fourth-order valence-electron chi connectivity index (χ4n) is 0.751. The Morgan fingerprint density at radius 2 is 2.33 bits per heavy atom. The molecule has 1 heterocycles. The van der Waals surface area contributed by atoms with Crippen molar-refractivity contribution in [3.8, 4) is 0 Å². The first-order valence-corrected chi connectivity index (χ1v) is 4.53. The van der Waals surface area contributed by atoms with Gasteiger partial charge in [-0.25, -0.2) is 4.98 Å². The van der Waals surface area contributed by atoms with Crippen molar-refractivity contribution < 1.29 is 4.39 Å². The third-order valence-corrected chi connectivity index (χ3v) is 2.04. The van der Waals surface area contributed by atoms with Gasteiger partial charge < -0.3 is 0 Å². The molecule has 0 radical (unpaired) electrons. The largest absolute Gasteiger partial charge is 0.299 e. The second-order valence-electron chi connectivity index (χ2n) is 2.20. The Hall–Kier alpha value is -0.840. The van der Waals surface area contributed by atoms with Gasteiger partial charge in [-0.05, 0) is 12.7 Å². The number of nitrogens with zero attached hydrogens (tertiary/aromatic N) is 1. The molecule has 0 unspecified atom stereocenters. The van der Waals surface area contributed by atoms with E-state index in [0.29, 0.717) is 5.16 Å². The topological polar surface area (TPSA) is 45.8 Å². The summed E-state index contributed by atoms with van der Waals surface area (Å²) in [5.41, 5.74) is -0.548. The number of aromatic nitrogens is 2. The second kappa shape index (κ2) is 3.71. The number of aryl methyl sites for hydroxylation is 1. The number of thioether (sulfide) groups is 1. The molecule has 1 aromatic rings. The third-order valence-electron chi connectivity index (χ3n) is 1.29. The van der Waals surface area contributed by atoms with Crippen LogP contribution < -0.4 is 5.56 Å². The fraction of sp³-hybridized carbons (Fsp3) is 0.429. The standard InChI is InChI=1S/C7H9FN2OS/c1-3-12-7-9-4(2)5(8)6(11)10-7/h3H2,1-2H3,(H,9,10,11). The van der Waals surface area contributed by atoms with Crippen molar-refractivity contribution in [1.82, 2.24) is 9.97 Å². The average molecular weight is 188 g/mol. The Kier molecular flexibility index (Phi) is 2.86. The first-order valence-electron chi connectivity index (χ1n) is 3.54. The molecule has 0 amide bonds. The van der Waals surface area contributed by atoms with Crippen LogP contribution in [-0.2, 0) is 0 Å². The molecule has 0 aliphatic rings. The zero-order valence-electron chi connectivity index (χ0n) is 6.85. The number of H-pyrrole nitrogens is 1. The van der Waals surface area contributed by atoms with Gasteiger partial charge in [-0.2, -0.15) is 4.39 Å². The molecule has 1 aromatic heterocycles. The second-order valence-corrected chi connectivity index (χ2v) is 3.46. The lowest BCUT2D eigenvalue weighted by Gasteiger charge is -1.98. The molecule has 5 heteroatoms. The van der Waals surface area contributed by atoms with Crippen LogP contribution in [0.3, 0.4) is 0 Å². The van der Waals surface area contributed by atoms with E-state index in [1.165, 1.54) is 18.7 Å². The molecule has 0 saturated heterocycles. The number of halogens is 1. The van der Waals surface area contributed by atoms with E-state index in [-0.39, 0.29) is 5.69 Å². The predicted molar refractivity (Wildman–Crippen MR) is 46.0 cm³/mol. The average Bonchev–Trinajstić information content (AvgIpc) is 2.01. The van der Waals surface area contributed by atoms with E-state index in [4.69, 9.17) is 0 Å². The van der Waals surface area contributed by atoms with Crippen LogP contribution in [0.1, 0.15) is 12.6 Å². The van der Waals surface area contributed by atoms with Crippen LogP contribution in [0.5, 0.6) is 0 Å². The third kappa shape index (κ3) is 1.85. The van der Waals surface area contributed by atoms with Crippen molar-refractivity contribution in [2.24, 2.45) is 0 Å². The van der Waals surface area contributed by atoms with Crippen molar-refractivity contribution in [3.05, 3.63) is 21.9 Å². The van der Waals surface area contributed by atoms with Crippen molar-refractivity contribution in [2.45, 2.75) is 19.0 Å². The van der Waals surface area contributed by atoms with Gasteiger partial charge >= 0.3 is 0 Å². The first-order chi connectivity index (χ1) is 5.65. The molecule has 3 nitrogen and oxygen atoms in total. The quantitative estimate of drug-likeness (QED) is 0.562. The molecule has 0 aromatic carbocycles. The zero-order chi connectivity index (χ0) is 9.14. The molecule has 0 atom stereocenters. The molecule has 1 rings (SSSR count). The Morgan fingerprint density at radius 3 is 2.83 bits per heavy atom. The zero-order valence-corrected chi connectivity index (χ0v) is 7.67. The van der Waals surface area contributed by atoms with Gasteiger partial charge in [-0.15, -0.1) is 0 Å². The predicted octanol–water partition coefficient (Wildman–Crippen LogP) is 1.33. The van der Waals surface area contributed by atoms with E-state index in [0.717, 1.165) is 5.75 Å². The minimum absolute atomic E-state index is 0.148. The van der Waals surface area contributed by atoms with Gasteiger partial charge in [0.05, 0.1) is 5.69 Å². The molecule has 0 bridgehead atoms. The number of hydrogen-bond acceptors (Lipinski definition) is 3. The van der Waals surface area contributed by atoms with E-state index < -0.39 is 11.4 Å². The highest BCUT2D eigenvalue weighted by Gasteiger charge is 2.05. The lowest BCUT2D eigenvalue weighted by Crippen LogP contribution is -2.15. The van der Waals surface area contributed by atoms with Gasteiger partial charge in [-0.1, -0.05) is 18.7 Å². The van der Waals surface area contributed by atoms with Crippen LogP contribution in [0.4, 0.5) is 4.39 Å². The Labute approximate surface area is 73.4 Å². The van der Waals surface area contributed by atoms with Crippen LogP contribution in [-0.4, -0.2) is 15.7 Å². The number of rotatable bonds is 2. The van der Waals surface area contributed by atoms with Crippen LogP contribution in [0.25, 0.3) is 0 Å². The highest BCUT2D eigenvalue weighted by Crippen LogP contribution is 2.10. The molecule has 66 valence electrons. The van der Waals surface area contributed by atoms with E-state index in [1.807, 2.05) is 6.92 Å². The number of nitrogens with one attached hydrogen (secondary N) is 1. The maximum atomic E-state index is 12.7. The minimum atomic E-state index is -0.796. The highest BCUT2D eigenvalue weighted by molar-refractivity contribution is 7.99. The molecule has 0 spiro atoms. The van der Waals surface area contributed by atoms with Gasteiger partial charge in [-0.3, -0.25) is 9.78 Å². The Balaban J connectivity index is 3.13. The summed E-state index contributed by atoms with van der Waals surface area (Å²) in [7, 11) is 0. The Morgan fingerprint density at radius 1 is 1.67 bits per heavy atom. The summed E-state index contributed by atoms with van der Waals surface area (Å²) >= 11 is 1.38. The van der Waals surface area contributed by atoms with Gasteiger partial charge in [0.15, 0.2) is 5.16 Å². The summed E-state index contributed by atoms with van der Waals surface area (Å²) in [4.78, 5) is 17.0. The van der Waals surface area contributed by atoms with Gasteiger partial charge in [0.1, 0.15) is 0 Å². The summed E-state index contributed by atoms with van der Waals surface area (Å²) in [6, 6.07) is 0. The summed E-state index contributed by atoms with van der Waals surface area (Å²) in [6.45, 7) is 3.41. The summed E-state index contributed by atoms with van der Waals surface area (Å²) in [6.07, 6.45) is 0. The van der Waals surface area contributed by atoms with Gasteiger partial charge in [0, 0.05) is 0 Å². The maximum Gasteiger partial charge on any atom is 0.287 e. The summed E-state index contributed by atoms with van der Waals surface area (Å²) < 4.78 is 12.7. The van der Waals surface area contributed by atoms with Gasteiger partial charge in [0.2, 0.25) is 5.82 Å². The molecule has 12 heavy (non-hydrogen) atoms.